The van der Waals surface area contributed by atoms with Gasteiger partial charge in [-0.3, -0.25) is 4.79 Å². The molecule has 5 rings (SSSR count). The van der Waals surface area contributed by atoms with E-state index in [-0.39, 0.29) is 24.3 Å². The first-order valence-electron chi connectivity index (χ1n) is 11.7. The maximum atomic E-state index is 12.6. The van der Waals surface area contributed by atoms with Gasteiger partial charge in [-0.25, -0.2) is 15.0 Å². The summed E-state index contributed by atoms with van der Waals surface area (Å²) in [6.45, 7) is 0.662. The van der Waals surface area contributed by atoms with Gasteiger partial charge in [0.05, 0.1) is 33.1 Å². The van der Waals surface area contributed by atoms with Crippen molar-refractivity contribution in [3.8, 4) is 5.88 Å². The van der Waals surface area contributed by atoms with E-state index < -0.39 is 18.0 Å². The number of benzene rings is 1. The van der Waals surface area contributed by atoms with Gasteiger partial charge in [-0.05, 0) is 25.0 Å². The molecule has 2 aromatic heterocycles. The lowest BCUT2D eigenvalue weighted by Crippen LogP contribution is -2.40. The molecular formula is C24H19Cl3F3N5O3S. The lowest BCUT2D eigenvalue weighted by molar-refractivity contribution is -0.141. The van der Waals surface area contributed by atoms with Gasteiger partial charge in [0.15, 0.2) is 18.4 Å². The van der Waals surface area contributed by atoms with Gasteiger partial charge in [-0.15, -0.1) is 11.3 Å². The Morgan fingerprint density at radius 2 is 1.85 bits per heavy atom. The molecule has 0 saturated carbocycles. The van der Waals surface area contributed by atoms with Gasteiger partial charge in [0.2, 0.25) is 5.88 Å². The van der Waals surface area contributed by atoms with Crippen LogP contribution in [0.3, 0.4) is 0 Å². The van der Waals surface area contributed by atoms with Crippen molar-refractivity contribution in [2.45, 2.75) is 37.5 Å². The fourth-order valence-electron chi connectivity index (χ4n) is 4.29. The number of thiazole rings is 1. The Morgan fingerprint density at radius 1 is 1.13 bits per heavy atom. The molecule has 0 spiro atoms. The zero-order valence-corrected chi connectivity index (χ0v) is 23.0. The topological polar surface area (TPSA) is 89.8 Å². The highest BCUT2D eigenvalue weighted by Gasteiger charge is 2.33. The normalized spacial score (nSPS) is 18.2. The largest absolute Gasteiger partial charge is 0.466 e. The van der Waals surface area contributed by atoms with E-state index >= 15 is 0 Å². The molecule has 0 radical (unpaired) electrons. The molecule has 2 aliphatic rings. The molecule has 2 aliphatic heterocycles. The third-order valence-corrected chi connectivity index (χ3v) is 8.16. The third kappa shape index (κ3) is 6.40. The molecule has 4 heterocycles. The van der Waals surface area contributed by atoms with E-state index in [2.05, 4.69) is 15.1 Å². The van der Waals surface area contributed by atoms with Crippen LogP contribution in [0.2, 0.25) is 15.1 Å². The summed E-state index contributed by atoms with van der Waals surface area (Å²) in [4.78, 5) is 31.4. The van der Waals surface area contributed by atoms with Crippen LogP contribution < -0.4 is 4.74 Å². The molecule has 1 aromatic carbocycles. The molecule has 206 valence electrons. The van der Waals surface area contributed by atoms with Crippen LogP contribution in [0.4, 0.5) is 13.2 Å². The molecule has 1 amide bonds. The number of halogens is 6. The van der Waals surface area contributed by atoms with Gasteiger partial charge < -0.3 is 14.5 Å². The predicted molar refractivity (Wildman–Crippen MR) is 140 cm³/mol. The minimum atomic E-state index is -4.59. The van der Waals surface area contributed by atoms with Crippen molar-refractivity contribution in [3.05, 3.63) is 66.9 Å². The number of amides is 1. The molecule has 0 bridgehead atoms. The number of aromatic nitrogens is 3. The second-order valence-electron chi connectivity index (χ2n) is 8.87. The van der Waals surface area contributed by atoms with Gasteiger partial charge in [-0.1, -0.05) is 40.0 Å². The molecule has 1 saturated heterocycles. The number of nitrogens with zero attached hydrogens (tertiary/aromatic N) is 5. The van der Waals surface area contributed by atoms with Crippen LogP contribution in [0.1, 0.15) is 53.2 Å². The summed E-state index contributed by atoms with van der Waals surface area (Å²) >= 11 is 20.2. The van der Waals surface area contributed by atoms with Crippen molar-refractivity contribution in [1.82, 2.24) is 19.9 Å². The first kappa shape index (κ1) is 27.9. The van der Waals surface area contributed by atoms with Gasteiger partial charge in [-0.2, -0.15) is 13.2 Å². The molecule has 8 nitrogen and oxygen atoms in total. The molecule has 1 fully saturated rings. The number of piperidine rings is 1. The Labute approximate surface area is 239 Å². The minimum Gasteiger partial charge on any atom is -0.466 e. The number of likely N-dealkylation sites (tertiary alicyclic amines) is 1. The molecule has 15 heteroatoms. The number of hydrogen-bond acceptors (Lipinski definition) is 8. The summed E-state index contributed by atoms with van der Waals surface area (Å²) in [6.07, 6.45) is -1.74. The minimum absolute atomic E-state index is 0.150. The van der Waals surface area contributed by atoms with E-state index in [4.69, 9.17) is 49.4 Å². The zero-order valence-electron chi connectivity index (χ0n) is 19.9. The summed E-state index contributed by atoms with van der Waals surface area (Å²) in [5.74, 6) is -0.255. The van der Waals surface area contributed by atoms with E-state index in [9.17, 15) is 18.0 Å². The number of ether oxygens (including phenoxy) is 1. The standard InChI is InChI=1S/C24H19Cl3F3N5O3S/c25-13-5-14(26)22(15(27)6-13)18-7-16(34-38-18)17-11-39-23(33-17)12-1-3-35(4-2-12)21(36)10-37-20-9-31-19(8-32-20)24(28,29)30/h5-6,8-9,11-12,18H,1-4,7,10H2. The molecule has 0 N–H and O–H groups in total. The lowest BCUT2D eigenvalue weighted by Gasteiger charge is -2.31. The lowest BCUT2D eigenvalue weighted by atomic mass is 9.97. The highest BCUT2D eigenvalue weighted by molar-refractivity contribution is 7.10. The Morgan fingerprint density at radius 3 is 2.49 bits per heavy atom. The van der Waals surface area contributed by atoms with Crippen LogP contribution in [-0.2, 0) is 15.8 Å². The Hall–Kier alpha value is -2.67. The van der Waals surface area contributed by atoms with Gasteiger partial charge in [0, 0.05) is 41.4 Å². The van der Waals surface area contributed by atoms with Crippen LogP contribution in [0.15, 0.2) is 35.1 Å². The first-order chi connectivity index (χ1) is 18.6. The molecule has 1 unspecified atom stereocenters. The molecule has 39 heavy (non-hydrogen) atoms. The predicted octanol–water partition coefficient (Wildman–Crippen LogP) is 6.56. The summed E-state index contributed by atoms with van der Waals surface area (Å²) < 4.78 is 43.0. The number of alkyl halides is 3. The molecule has 0 aliphatic carbocycles. The van der Waals surface area contributed by atoms with Gasteiger partial charge in [0.1, 0.15) is 5.71 Å². The molecule has 1 atom stereocenters. The quantitative estimate of drug-likeness (QED) is 0.310. The van der Waals surface area contributed by atoms with E-state index in [1.54, 1.807) is 17.0 Å². The number of oxime groups is 1. The summed E-state index contributed by atoms with van der Waals surface area (Å²) in [5, 5.41) is 8.34. The Balaban J connectivity index is 1.12. The average Bonchev–Trinajstić information content (AvgIpc) is 3.57. The van der Waals surface area contributed by atoms with Crippen molar-refractivity contribution in [2.24, 2.45) is 5.16 Å². The van der Waals surface area contributed by atoms with Crippen molar-refractivity contribution in [3.63, 3.8) is 0 Å². The van der Waals surface area contributed by atoms with E-state index in [0.717, 1.165) is 16.9 Å². The van der Waals surface area contributed by atoms with Crippen LogP contribution in [0, 0.1) is 0 Å². The number of carbonyl (C=O) groups is 1. The Bertz CT molecular complexity index is 1370. The smallest absolute Gasteiger partial charge is 0.434 e. The van der Waals surface area contributed by atoms with Crippen molar-refractivity contribution < 1.29 is 27.5 Å². The van der Waals surface area contributed by atoms with Gasteiger partial charge >= 0.3 is 6.18 Å². The maximum absolute atomic E-state index is 12.6. The Kier molecular flexibility index (Phi) is 8.18. The molecular weight excluding hydrogens is 602 g/mol. The van der Waals surface area contributed by atoms with Crippen LogP contribution in [0.25, 0.3) is 0 Å². The highest BCUT2D eigenvalue weighted by atomic mass is 35.5. The summed E-state index contributed by atoms with van der Waals surface area (Å²) in [7, 11) is 0. The van der Waals surface area contributed by atoms with Crippen molar-refractivity contribution in [2.75, 3.05) is 19.7 Å². The first-order valence-corrected chi connectivity index (χ1v) is 13.7. The van der Waals surface area contributed by atoms with E-state index in [0.29, 0.717) is 64.9 Å². The maximum Gasteiger partial charge on any atom is 0.434 e. The van der Waals surface area contributed by atoms with Gasteiger partial charge in [0.25, 0.3) is 5.91 Å². The molecule has 3 aromatic rings. The van der Waals surface area contributed by atoms with E-state index in [1.165, 1.54) is 11.3 Å². The number of hydrogen-bond donors (Lipinski definition) is 0. The second kappa shape index (κ2) is 11.4. The number of rotatable bonds is 6. The van der Waals surface area contributed by atoms with Crippen molar-refractivity contribution >= 4 is 57.8 Å². The second-order valence-corrected chi connectivity index (χ2v) is 11.0. The van der Waals surface area contributed by atoms with Crippen LogP contribution in [-0.4, -0.2) is 51.2 Å². The monoisotopic (exact) mass is 619 g/mol. The fraction of sp³-hybridized carbons (Fsp3) is 0.375. The summed E-state index contributed by atoms with van der Waals surface area (Å²) in [6, 6.07) is 3.22. The van der Waals surface area contributed by atoms with E-state index in [1.807, 2.05) is 5.38 Å². The average molecular weight is 621 g/mol. The van der Waals surface area contributed by atoms with Crippen molar-refractivity contribution in [1.29, 1.82) is 0 Å². The SMILES string of the molecule is O=C(COc1cnc(C(F)(F)F)cn1)N1CCC(c2nc(C3=NOC(c4c(Cl)cc(Cl)cc4Cl)C3)cs2)CC1. The highest BCUT2D eigenvalue weighted by Crippen LogP contribution is 2.40. The van der Waals surface area contributed by atoms with Crippen LogP contribution >= 0.6 is 46.1 Å². The fourth-order valence-corrected chi connectivity index (χ4v) is 6.35. The zero-order chi connectivity index (χ0) is 27.7. The summed E-state index contributed by atoms with van der Waals surface area (Å²) in [5.41, 5.74) is 0.920. The third-order valence-electron chi connectivity index (χ3n) is 6.31. The number of carbonyl (C=O) groups excluding carboxylic acids is 1. The van der Waals surface area contributed by atoms with Crippen LogP contribution in [0.5, 0.6) is 5.88 Å².